The molecule has 0 fully saturated rings. The van der Waals surface area contributed by atoms with E-state index in [4.69, 9.17) is 0 Å². The van der Waals surface area contributed by atoms with Gasteiger partial charge in [-0.1, -0.05) is 26.0 Å². The molecule has 0 aliphatic carbocycles. The van der Waals surface area contributed by atoms with Crippen LogP contribution in [0.3, 0.4) is 0 Å². The van der Waals surface area contributed by atoms with E-state index < -0.39 is 9.84 Å². The van der Waals surface area contributed by atoms with E-state index in [-0.39, 0.29) is 17.0 Å². The van der Waals surface area contributed by atoms with Crippen molar-refractivity contribution < 1.29 is 12.8 Å². The van der Waals surface area contributed by atoms with Crippen LogP contribution < -0.4 is 10.6 Å². The van der Waals surface area contributed by atoms with Crippen molar-refractivity contribution >= 4 is 15.8 Å². The van der Waals surface area contributed by atoms with Crippen molar-refractivity contribution in [2.24, 2.45) is 4.99 Å². The highest BCUT2D eigenvalue weighted by Crippen LogP contribution is 2.24. The van der Waals surface area contributed by atoms with Gasteiger partial charge in [-0.2, -0.15) is 0 Å². The lowest BCUT2D eigenvalue weighted by Crippen LogP contribution is -2.40. The molecule has 0 aromatic heterocycles. The third-order valence-corrected chi connectivity index (χ3v) is 4.29. The van der Waals surface area contributed by atoms with Gasteiger partial charge in [0.1, 0.15) is 15.7 Å². The van der Waals surface area contributed by atoms with Crippen molar-refractivity contribution in [2.75, 3.05) is 31.6 Å². The normalized spacial score (nSPS) is 13.0. The van der Waals surface area contributed by atoms with Crippen LogP contribution in [0, 0.1) is 5.82 Å². The first-order chi connectivity index (χ1) is 10.6. The Hall–Kier alpha value is -1.63. The fourth-order valence-corrected chi connectivity index (χ4v) is 2.45. The van der Waals surface area contributed by atoms with E-state index in [2.05, 4.69) is 15.6 Å². The topological polar surface area (TPSA) is 70.6 Å². The lowest BCUT2D eigenvalue weighted by molar-refractivity contribution is 0.529. The summed E-state index contributed by atoms with van der Waals surface area (Å²) in [5.41, 5.74) is 0.537. The zero-order valence-corrected chi connectivity index (χ0v) is 15.0. The molecule has 0 aliphatic rings. The standard InChI is InChI=1S/C16H26FN3O2S/c1-5-18-15(19-9-10-23(4,21)22)20-12-16(2,3)13-7-6-8-14(17)11-13/h6-8,11H,5,9-10,12H2,1-4H3,(H2,18,19,20). The van der Waals surface area contributed by atoms with Crippen LogP contribution in [0.1, 0.15) is 26.3 Å². The number of nitrogens with one attached hydrogen (secondary N) is 2. The van der Waals surface area contributed by atoms with Gasteiger partial charge in [-0.3, -0.25) is 4.99 Å². The first kappa shape index (κ1) is 19.4. The number of hydrogen-bond acceptors (Lipinski definition) is 3. The molecule has 1 aromatic rings. The van der Waals surface area contributed by atoms with Gasteiger partial charge in [0.05, 0.1) is 12.3 Å². The highest BCUT2D eigenvalue weighted by Gasteiger charge is 2.21. The van der Waals surface area contributed by atoms with Gasteiger partial charge in [0.15, 0.2) is 5.96 Å². The minimum Gasteiger partial charge on any atom is -0.357 e. The van der Waals surface area contributed by atoms with E-state index in [0.29, 0.717) is 25.6 Å². The molecule has 130 valence electrons. The molecular weight excluding hydrogens is 317 g/mol. The average molecular weight is 343 g/mol. The number of sulfone groups is 1. The van der Waals surface area contributed by atoms with E-state index in [1.807, 2.05) is 26.8 Å². The van der Waals surface area contributed by atoms with Crippen LogP contribution in [0.2, 0.25) is 0 Å². The molecule has 5 nitrogen and oxygen atoms in total. The number of aliphatic imine (C=N–C) groups is 1. The van der Waals surface area contributed by atoms with Crippen molar-refractivity contribution in [1.29, 1.82) is 0 Å². The molecule has 0 unspecified atom stereocenters. The minimum absolute atomic E-state index is 0.0463. The third kappa shape index (κ3) is 7.45. The van der Waals surface area contributed by atoms with Gasteiger partial charge >= 0.3 is 0 Å². The van der Waals surface area contributed by atoms with Crippen molar-refractivity contribution in [2.45, 2.75) is 26.2 Å². The number of hydrogen-bond donors (Lipinski definition) is 2. The Kier molecular flexibility index (Phi) is 7.00. The third-order valence-electron chi connectivity index (χ3n) is 3.35. The van der Waals surface area contributed by atoms with Crippen LogP contribution >= 0.6 is 0 Å². The lowest BCUT2D eigenvalue weighted by Gasteiger charge is -2.24. The number of guanidine groups is 1. The molecule has 7 heteroatoms. The predicted octanol–water partition coefficient (Wildman–Crippen LogP) is 1.70. The molecule has 0 radical (unpaired) electrons. The van der Waals surface area contributed by atoms with Gasteiger partial charge in [0.25, 0.3) is 0 Å². The molecule has 0 saturated heterocycles. The van der Waals surface area contributed by atoms with Crippen molar-refractivity contribution in [3.05, 3.63) is 35.6 Å². The summed E-state index contributed by atoms with van der Waals surface area (Å²) in [6.45, 7) is 7.34. The van der Waals surface area contributed by atoms with Crippen LogP contribution in [0.25, 0.3) is 0 Å². The minimum atomic E-state index is -3.01. The smallest absolute Gasteiger partial charge is 0.191 e. The summed E-state index contributed by atoms with van der Waals surface area (Å²) in [5.74, 6) is 0.336. The van der Waals surface area contributed by atoms with Crippen LogP contribution in [0.4, 0.5) is 4.39 Å². The van der Waals surface area contributed by atoms with E-state index in [1.54, 1.807) is 6.07 Å². The van der Waals surface area contributed by atoms with Crippen LogP contribution in [-0.4, -0.2) is 46.0 Å². The Labute approximate surface area is 138 Å². The van der Waals surface area contributed by atoms with Crippen LogP contribution in [0.5, 0.6) is 0 Å². The number of nitrogens with zero attached hydrogens (tertiary/aromatic N) is 1. The summed E-state index contributed by atoms with van der Waals surface area (Å²) in [5, 5.41) is 6.07. The second kappa shape index (κ2) is 8.29. The van der Waals surface area contributed by atoms with Gasteiger partial charge in [-0.15, -0.1) is 0 Å². The summed E-state index contributed by atoms with van der Waals surface area (Å²) >= 11 is 0. The Bertz CT molecular complexity index is 642. The molecule has 0 amide bonds. The van der Waals surface area contributed by atoms with Crippen molar-refractivity contribution in [3.8, 4) is 0 Å². The Morgan fingerprint density at radius 3 is 2.57 bits per heavy atom. The highest BCUT2D eigenvalue weighted by molar-refractivity contribution is 7.90. The van der Waals surface area contributed by atoms with E-state index in [1.165, 1.54) is 18.4 Å². The molecule has 23 heavy (non-hydrogen) atoms. The summed E-state index contributed by atoms with van der Waals surface area (Å²) in [6, 6.07) is 6.49. The first-order valence-electron chi connectivity index (χ1n) is 7.60. The monoisotopic (exact) mass is 343 g/mol. The molecule has 1 aromatic carbocycles. The van der Waals surface area contributed by atoms with Crippen molar-refractivity contribution in [1.82, 2.24) is 10.6 Å². The van der Waals surface area contributed by atoms with E-state index in [9.17, 15) is 12.8 Å². The Morgan fingerprint density at radius 1 is 1.30 bits per heavy atom. The average Bonchev–Trinajstić information content (AvgIpc) is 2.43. The molecule has 0 aliphatic heterocycles. The zero-order valence-electron chi connectivity index (χ0n) is 14.2. The quantitative estimate of drug-likeness (QED) is 0.584. The largest absolute Gasteiger partial charge is 0.357 e. The van der Waals surface area contributed by atoms with Gasteiger partial charge in [-0.05, 0) is 24.6 Å². The van der Waals surface area contributed by atoms with Gasteiger partial charge in [0, 0.05) is 24.8 Å². The molecule has 1 rings (SSSR count). The highest BCUT2D eigenvalue weighted by atomic mass is 32.2. The Morgan fingerprint density at radius 2 is 2.00 bits per heavy atom. The second-order valence-electron chi connectivity index (χ2n) is 6.15. The fraction of sp³-hybridized carbons (Fsp3) is 0.562. The van der Waals surface area contributed by atoms with Gasteiger partial charge in [0.2, 0.25) is 0 Å². The molecule has 0 bridgehead atoms. The maximum absolute atomic E-state index is 13.4. The van der Waals surface area contributed by atoms with Gasteiger partial charge < -0.3 is 10.6 Å². The van der Waals surface area contributed by atoms with Crippen LogP contribution in [0.15, 0.2) is 29.3 Å². The maximum Gasteiger partial charge on any atom is 0.191 e. The molecule has 2 N–H and O–H groups in total. The fourth-order valence-electron chi connectivity index (χ4n) is 1.97. The molecule has 0 atom stereocenters. The van der Waals surface area contributed by atoms with E-state index >= 15 is 0 Å². The lowest BCUT2D eigenvalue weighted by atomic mass is 9.85. The zero-order chi connectivity index (χ0) is 17.5. The predicted molar refractivity (Wildman–Crippen MR) is 93.1 cm³/mol. The number of halogens is 1. The number of rotatable bonds is 7. The molecule has 0 saturated carbocycles. The van der Waals surface area contributed by atoms with Crippen molar-refractivity contribution in [3.63, 3.8) is 0 Å². The molecule has 0 heterocycles. The second-order valence-corrected chi connectivity index (χ2v) is 8.41. The summed E-state index contributed by atoms with van der Waals surface area (Å²) < 4.78 is 35.7. The van der Waals surface area contributed by atoms with E-state index in [0.717, 1.165) is 5.56 Å². The SMILES string of the molecule is CCNC(=NCC(C)(C)c1cccc(F)c1)NCCS(C)(=O)=O. The Balaban J connectivity index is 2.75. The van der Waals surface area contributed by atoms with Gasteiger partial charge in [-0.25, -0.2) is 12.8 Å². The number of benzene rings is 1. The summed E-state index contributed by atoms with van der Waals surface area (Å²) in [4.78, 5) is 4.49. The maximum atomic E-state index is 13.4. The first-order valence-corrected chi connectivity index (χ1v) is 9.66. The summed E-state index contributed by atoms with van der Waals surface area (Å²) in [7, 11) is -3.01. The van der Waals surface area contributed by atoms with Crippen LogP contribution in [-0.2, 0) is 15.3 Å². The molecule has 0 spiro atoms. The summed E-state index contributed by atoms with van der Waals surface area (Å²) in [6.07, 6.45) is 1.20. The molecular formula is C16H26FN3O2S.